The van der Waals surface area contributed by atoms with Crippen LogP contribution in [0, 0.1) is 5.92 Å². The second kappa shape index (κ2) is 6.48. The van der Waals surface area contributed by atoms with Crippen LogP contribution in [0.3, 0.4) is 0 Å². The first-order chi connectivity index (χ1) is 7.63. The molecule has 2 nitrogen and oxygen atoms in total. The summed E-state index contributed by atoms with van der Waals surface area (Å²) in [5.74, 6) is 0.584. The van der Waals surface area contributed by atoms with Crippen LogP contribution < -0.4 is 10.6 Å². The number of rotatable bonds is 4. The van der Waals surface area contributed by atoms with Crippen molar-refractivity contribution in [2.45, 2.75) is 33.2 Å². The molecule has 1 unspecified atom stereocenters. The number of hydrogen-bond acceptors (Lipinski definition) is 1. The van der Waals surface area contributed by atoms with E-state index in [1.807, 2.05) is 30.3 Å². The summed E-state index contributed by atoms with van der Waals surface area (Å²) in [4.78, 5) is 0. The summed E-state index contributed by atoms with van der Waals surface area (Å²) in [5, 5.41) is 7.22. The Labute approximate surface area is 103 Å². The summed E-state index contributed by atoms with van der Waals surface area (Å²) in [6, 6.07) is 10.4. The standard InChI is InChI=1S/C13H20N2S/c1-4-12(10(2)3)15-13(16)14-11-8-6-5-7-9-11/h5-10,12H,4H2,1-3H3,(H2,14,15,16). The van der Waals surface area contributed by atoms with Gasteiger partial charge >= 0.3 is 0 Å². The predicted octanol–water partition coefficient (Wildman–Crippen LogP) is 3.41. The average molecular weight is 236 g/mol. The Balaban J connectivity index is 2.47. The molecule has 0 aliphatic carbocycles. The van der Waals surface area contributed by atoms with Crippen molar-refractivity contribution in [1.82, 2.24) is 5.32 Å². The van der Waals surface area contributed by atoms with E-state index in [2.05, 4.69) is 31.4 Å². The van der Waals surface area contributed by atoms with E-state index in [9.17, 15) is 0 Å². The second-order valence-corrected chi connectivity index (χ2v) is 4.63. The van der Waals surface area contributed by atoms with E-state index in [-0.39, 0.29) is 0 Å². The third-order valence-corrected chi connectivity index (χ3v) is 2.81. The van der Waals surface area contributed by atoms with Gasteiger partial charge in [0.15, 0.2) is 5.11 Å². The van der Waals surface area contributed by atoms with Crippen LogP contribution in [-0.2, 0) is 0 Å². The molecule has 0 saturated carbocycles. The highest BCUT2D eigenvalue weighted by Gasteiger charge is 2.11. The van der Waals surface area contributed by atoms with Crippen molar-refractivity contribution in [3.05, 3.63) is 30.3 Å². The van der Waals surface area contributed by atoms with Crippen molar-refractivity contribution in [1.29, 1.82) is 0 Å². The number of hydrogen-bond donors (Lipinski definition) is 2. The summed E-state index contributed by atoms with van der Waals surface area (Å²) < 4.78 is 0. The smallest absolute Gasteiger partial charge is 0.171 e. The Bertz CT molecular complexity index is 322. The van der Waals surface area contributed by atoms with Gasteiger partial charge in [-0.1, -0.05) is 39.0 Å². The van der Waals surface area contributed by atoms with Gasteiger partial charge in [-0.25, -0.2) is 0 Å². The van der Waals surface area contributed by atoms with Crippen LogP contribution in [0.25, 0.3) is 0 Å². The Morgan fingerprint density at radius 1 is 1.25 bits per heavy atom. The SMILES string of the molecule is CCC(NC(=S)Nc1ccccc1)C(C)C. The zero-order valence-electron chi connectivity index (χ0n) is 10.2. The number of anilines is 1. The Morgan fingerprint density at radius 3 is 2.38 bits per heavy atom. The van der Waals surface area contributed by atoms with Gasteiger partial charge in [0, 0.05) is 11.7 Å². The molecule has 0 aliphatic rings. The highest BCUT2D eigenvalue weighted by atomic mass is 32.1. The highest BCUT2D eigenvalue weighted by Crippen LogP contribution is 2.08. The van der Waals surface area contributed by atoms with Crippen molar-refractivity contribution in [2.24, 2.45) is 5.92 Å². The molecule has 0 bridgehead atoms. The lowest BCUT2D eigenvalue weighted by Gasteiger charge is -2.22. The first-order valence-corrected chi connectivity index (χ1v) is 6.17. The fourth-order valence-corrected chi connectivity index (χ4v) is 1.87. The number of para-hydroxylation sites is 1. The lowest BCUT2D eigenvalue weighted by Crippen LogP contribution is -2.40. The molecule has 0 fully saturated rings. The molecule has 1 rings (SSSR count). The summed E-state index contributed by atoms with van der Waals surface area (Å²) in [6.07, 6.45) is 1.08. The third-order valence-electron chi connectivity index (χ3n) is 2.59. The average Bonchev–Trinajstić information content (AvgIpc) is 2.27. The predicted molar refractivity (Wildman–Crippen MR) is 74.7 cm³/mol. The maximum Gasteiger partial charge on any atom is 0.171 e. The molecule has 88 valence electrons. The molecular formula is C13H20N2S. The topological polar surface area (TPSA) is 24.1 Å². The fourth-order valence-electron chi connectivity index (χ4n) is 1.60. The Hall–Kier alpha value is -1.09. The molecule has 16 heavy (non-hydrogen) atoms. The van der Waals surface area contributed by atoms with Crippen LogP contribution in [0.2, 0.25) is 0 Å². The van der Waals surface area contributed by atoms with E-state index in [0.717, 1.165) is 12.1 Å². The first-order valence-electron chi connectivity index (χ1n) is 5.76. The second-order valence-electron chi connectivity index (χ2n) is 4.22. The zero-order chi connectivity index (χ0) is 12.0. The summed E-state index contributed by atoms with van der Waals surface area (Å²) in [7, 11) is 0. The molecular weight excluding hydrogens is 216 g/mol. The maximum atomic E-state index is 5.28. The molecule has 0 radical (unpaired) electrons. The van der Waals surface area contributed by atoms with Gasteiger partial charge in [-0.2, -0.15) is 0 Å². The van der Waals surface area contributed by atoms with E-state index in [1.165, 1.54) is 0 Å². The van der Waals surface area contributed by atoms with E-state index >= 15 is 0 Å². The van der Waals surface area contributed by atoms with Gasteiger partial charge in [-0.15, -0.1) is 0 Å². The molecule has 0 saturated heterocycles. The fraction of sp³-hybridized carbons (Fsp3) is 0.462. The largest absolute Gasteiger partial charge is 0.359 e. The van der Waals surface area contributed by atoms with Gasteiger partial charge in [0.05, 0.1) is 0 Å². The van der Waals surface area contributed by atoms with Gasteiger partial charge in [0.2, 0.25) is 0 Å². The van der Waals surface area contributed by atoms with Crippen LogP contribution in [0.5, 0.6) is 0 Å². The summed E-state index contributed by atoms with van der Waals surface area (Å²) in [6.45, 7) is 6.57. The van der Waals surface area contributed by atoms with Crippen LogP contribution in [0.4, 0.5) is 5.69 Å². The lowest BCUT2D eigenvalue weighted by atomic mass is 10.0. The molecule has 1 aromatic carbocycles. The van der Waals surface area contributed by atoms with Crippen LogP contribution in [-0.4, -0.2) is 11.2 Å². The molecule has 3 heteroatoms. The van der Waals surface area contributed by atoms with Crippen molar-refractivity contribution >= 4 is 23.0 Å². The molecule has 1 aromatic rings. The monoisotopic (exact) mass is 236 g/mol. The highest BCUT2D eigenvalue weighted by molar-refractivity contribution is 7.80. The molecule has 1 atom stereocenters. The number of benzene rings is 1. The van der Waals surface area contributed by atoms with Gasteiger partial charge < -0.3 is 10.6 Å². The maximum absolute atomic E-state index is 5.28. The number of nitrogens with one attached hydrogen (secondary N) is 2. The minimum atomic E-state index is 0.434. The summed E-state index contributed by atoms with van der Waals surface area (Å²) >= 11 is 5.28. The molecule has 0 heterocycles. The van der Waals surface area contributed by atoms with Crippen LogP contribution in [0.15, 0.2) is 30.3 Å². The normalized spacial score (nSPS) is 12.2. The molecule has 2 N–H and O–H groups in total. The summed E-state index contributed by atoms with van der Waals surface area (Å²) in [5.41, 5.74) is 1.03. The first kappa shape index (κ1) is 13.0. The molecule has 0 amide bonds. The van der Waals surface area contributed by atoms with E-state index in [0.29, 0.717) is 17.1 Å². The molecule has 0 aliphatic heterocycles. The van der Waals surface area contributed by atoms with E-state index in [1.54, 1.807) is 0 Å². The van der Waals surface area contributed by atoms with Gasteiger partial charge in [-0.3, -0.25) is 0 Å². The van der Waals surface area contributed by atoms with Gasteiger partial charge in [0.25, 0.3) is 0 Å². The van der Waals surface area contributed by atoms with Crippen molar-refractivity contribution in [2.75, 3.05) is 5.32 Å². The van der Waals surface area contributed by atoms with Crippen molar-refractivity contribution in [3.63, 3.8) is 0 Å². The molecule has 0 spiro atoms. The number of thiocarbonyl (C=S) groups is 1. The molecule has 0 aromatic heterocycles. The lowest BCUT2D eigenvalue weighted by molar-refractivity contribution is 0.443. The van der Waals surface area contributed by atoms with Crippen molar-refractivity contribution < 1.29 is 0 Å². The van der Waals surface area contributed by atoms with Gasteiger partial charge in [-0.05, 0) is 36.7 Å². The van der Waals surface area contributed by atoms with Crippen molar-refractivity contribution in [3.8, 4) is 0 Å². The van der Waals surface area contributed by atoms with E-state index < -0.39 is 0 Å². The van der Waals surface area contributed by atoms with Gasteiger partial charge in [0.1, 0.15) is 0 Å². The third kappa shape index (κ3) is 4.19. The van der Waals surface area contributed by atoms with Crippen LogP contribution >= 0.6 is 12.2 Å². The van der Waals surface area contributed by atoms with E-state index in [4.69, 9.17) is 12.2 Å². The minimum Gasteiger partial charge on any atom is -0.359 e. The Kier molecular flexibility index (Phi) is 5.26. The Morgan fingerprint density at radius 2 is 1.88 bits per heavy atom. The minimum absolute atomic E-state index is 0.434. The zero-order valence-corrected chi connectivity index (χ0v) is 11.0. The quantitative estimate of drug-likeness (QED) is 0.783. The van der Waals surface area contributed by atoms with Crippen LogP contribution in [0.1, 0.15) is 27.2 Å².